The van der Waals surface area contributed by atoms with Gasteiger partial charge in [-0.1, -0.05) is 41.5 Å². The molecule has 18 heavy (non-hydrogen) atoms. The summed E-state index contributed by atoms with van der Waals surface area (Å²) in [6.07, 6.45) is 0.941. The standard InChI is InChI=1S/C14H24O4/c1-13(2,3)7-9(8-14(4,5)6)10(11(15)16)12(17)18/h7-8H2,1-6H3,(H,15,16)(H,17,18). The first-order chi connectivity index (χ1) is 7.83. The molecule has 0 spiro atoms. The van der Waals surface area contributed by atoms with Crippen LogP contribution < -0.4 is 0 Å². The molecule has 0 aromatic carbocycles. The van der Waals surface area contributed by atoms with Crippen molar-refractivity contribution in [3.63, 3.8) is 0 Å². The molecule has 0 saturated carbocycles. The highest BCUT2D eigenvalue weighted by Gasteiger charge is 2.28. The van der Waals surface area contributed by atoms with Gasteiger partial charge in [0.25, 0.3) is 0 Å². The lowest BCUT2D eigenvalue weighted by Crippen LogP contribution is -2.20. The molecule has 0 radical (unpaired) electrons. The summed E-state index contributed by atoms with van der Waals surface area (Å²) in [7, 11) is 0. The van der Waals surface area contributed by atoms with Crippen molar-refractivity contribution in [1.29, 1.82) is 0 Å². The minimum absolute atomic E-state index is 0.142. The Bertz CT molecular complexity index is 330. The fourth-order valence-electron chi connectivity index (χ4n) is 1.91. The summed E-state index contributed by atoms with van der Waals surface area (Å²) in [5.41, 5.74) is -0.247. The molecule has 0 aromatic heterocycles. The number of carbonyl (C=O) groups is 2. The van der Waals surface area contributed by atoms with Gasteiger partial charge in [0.2, 0.25) is 0 Å². The fraction of sp³-hybridized carbons (Fsp3) is 0.714. The van der Waals surface area contributed by atoms with Gasteiger partial charge in [-0.15, -0.1) is 0 Å². The summed E-state index contributed by atoms with van der Waals surface area (Å²) in [6.45, 7) is 11.8. The Morgan fingerprint density at radius 1 is 0.778 bits per heavy atom. The molecule has 2 N–H and O–H groups in total. The SMILES string of the molecule is CC(C)(C)CC(CC(C)(C)C)=C(C(=O)O)C(=O)O. The molecule has 0 bridgehead atoms. The normalized spacial score (nSPS) is 12.1. The van der Waals surface area contributed by atoms with E-state index in [-0.39, 0.29) is 10.8 Å². The Labute approximate surface area is 109 Å². The van der Waals surface area contributed by atoms with Crippen molar-refractivity contribution in [2.75, 3.05) is 0 Å². The van der Waals surface area contributed by atoms with Crippen LogP contribution in [0.5, 0.6) is 0 Å². The van der Waals surface area contributed by atoms with Crippen LogP contribution in [-0.4, -0.2) is 22.2 Å². The summed E-state index contributed by atoms with van der Waals surface area (Å²) < 4.78 is 0. The van der Waals surface area contributed by atoms with Crippen LogP contribution in [0.1, 0.15) is 54.4 Å². The highest BCUT2D eigenvalue weighted by Crippen LogP contribution is 2.34. The zero-order chi connectivity index (χ0) is 14.7. The zero-order valence-electron chi connectivity index (χ0n) is 12.1. The van der Waals surface area contributed by atoms with Crippen molar-refractivity contribution in [3.05, 3.63) is 11.1 Å². The lowest BCUT2D eigenvalue weighted by atomic mass is 9.78. The van der Waals surface area contributed by atoms with Gasteiger partial charge in [0.05, 0.1) is 0 Å². The van der Waals surface area contributed by atoms with Crippen LogP contribution in [0.2, 0.25) is 0 Å². The van der Waals surface area contributed by atoms with Crippen LogP contribution in [0, 0.1) is 10.8 Å². The van der Waals surface area contributed by atoms with Crippen molar-refractivity contribution in [1.82, 2.24) is 0 Å². The van der Waals surface area contributed by atoms with Crippen molar-refractivity contribution in [2.24, 2.45) is 10.8 Å². The third-order valence-electron chi connectivity index (χ3n) is 2.27. The van der Waals surface area contributed by atoms with Crippen molar-refractivity contribution in [2.45, 2.75) is 54.4 Å². The monoisotopic (exact) mass is 256 g/mol. The molecule has 0 atom stereocenters. The van der Waals surface area contributed by atoms with Crippen molar-refractivity contribution in [3.8, 4) is 0 Å². The van der Waals surface area contributed by atoms with E-state index in [1.54, 1.807) is 0 Å². The maximum atomic E-state index is 11.1. The van der Waals surface area contributed by atoms with E-state index in [4.69, 9.17) is 10.2 Å². The fourth-order valence-corrected chi connectivity index (χ4v) is 1.91. The van der Waals surface area contributed by atoms with E-state index < -0.39 is 17.5 Å². The van der Waals surface area contributed by atoms with Crippen molar-refractivity contribution < 1.29 is 19.8 Å². The molecule has 0 amide bonds. The Kier molecular flexibility index (Phi) is 5.14. The van der Waals surface area contributed by atoms with Gasteiger partial charge < -0.3 is 10.2 Å². The Morgan fingerprint density at radius 2 is 1.06 bits per heavy atom. The number of allylic oxidation sites excluding steroid dienone is 1. The summed E-state index contributed by atoms with van der Waals surface area (Å²) in [4.78, 5) is 22.2. The van der Waals surface area contributed by atoms with Gasteiger partial charge in [-0.05, 0) is 29.2 Å². The lowest BCUT2D eigenvalue weighted by molar-refractivity contribution is -0.140. The van der Waals surface area contributed by atoms with Crippen LogP contribution in [0.15, 0.2) is 11.1 Å². The quantitative estimate of drug-likeness (QED) is 0.459. The number of hydrogen-bond acceptors (Lipinski definition) is 2. The summed E-state index contributed by atoms with van der Waals surface area (Å²) in [5.74, 6) is -2.71. The van der Waals surface area contributed by atoms with E-state index in [2.05, 4.69) is 0 Å². The van der Waals surface area contributed by atoms with E-state index in [1.165, 1.54) is 0 Å². The Hall–Kier alpha value is -1.32. The smallest absolute Gasteiger partial charge is 0.343 e. The van der Waals surface area contributed by atoms with E-state index in [0.29, 0.717) is 18.4 Å². The summed E-state index contributed by atoms with van der Waals surface area (Å²) in [6, 6.07) is 0. The predicted octanol–water partition coefficient (Wildman–Crippen LogP) is 3.32. The molecule has 0 aliphatic rings. The number of aliphatic carboxylic acids is 2. The zero-order valence-corrected chi connectivity index (χ0v) is 12.1. The van der Waals surface area contributed by atoms with Gasteiger partial charge >= 0.3 is 11.9 Å². The van der Waals surface area contributed by atoms with E-state index in [1.807, 2.05) is 41.5 Å². The first kappa shape index (κ1) is 16.7. The van der Waals surface area contributed by atoms with E-state index in [9.17, 15) is 9.59 Å². The largest absolute Gasteiger partial charge is 0.477 e. The van der Waals surface area contributed by atoms with E-state index >= 15 is 0 Å². The van der Waals surface area contributed by atoms with Crippen LogP contribution in [0.25, 0.3) is 0 Å². The lowest BCUT2D eigenvalue weighted by Gasteiger charge is -2.26. The van der Waals surface area contributed by atoms with E-state index in [0.717, 1.165) is 0 Å². The highest BCUT2D eigenvalue weighted by molar-refractivity contribution is 6.13. The van der Waals surface area contributed by atoms with Crippen LogP contribution in [0.3, 0.4) is 0 Å². The third kappa shape index (κ3) is 6.42. The molecule has 0 fully saturated rings. The second-order valence-corrected chi connectivity index (χ2v) is 7.06. The predicted molar refractivity (Wildman–Crippen MR) is 70.4 cm³/mol. The maximum Gasteiger partial charge on any atom is 0.343 e. The average molecular weight is 256 g/mol. The number of carboxylic acids is 2. The third-order valence-corrected chi connectivity index (χ3v) is 2.27. The van der Waals surface area contributed by atoms with Gasteiger partial charge in [-0.3, -0.25) is 0 Å². The number of rotatable bonds is 4. The maximum absolute atomic E-state index is 11.1. The first-order valence-electron chi connectivity index (χ1n) is 6.02. The van der Waals surface area contributed by atoms with Gasteiger partial charge in [0, 0.05) is 0 Å². The van der Waals surface area contributed by atoms with Crippen LogP contribution >= 0.6 is 0 Å². The molecule has 0 saturated heterocycles. The van der Waals surface area contributed by atoms with Crippen molar-refractivity contribution >= 4 is 11.9 Å². The molecular formula is C14H24O4. The molecule has 0 rings (SSSR count). The summed E-state index contributed by atoms with van der Waals surface area (Å²) >= 11 is 0. The Morgan fingerprint density at radius 3 is 1.22 bits per heavy atom. The number of hydrogen-bond donors (Lipinski definition) is 2. The minimum atomic E-state index is -1.36. The molecular weight excluding hydrogens is 232 g/mol. The van der Waals surface area contributed by atoms with Gasteiger partial charge in [-0.25, -0.2) is 9.59 Å². The highest BCUT2D eigenvalue weighted by atomic mass is 16.4. The summed E-state index contributed by atoms with van der Waals surface area (Å²) in [5, 5.41) is 18.1. The van der Waals surface area contributed by atoms with Gasteiger partial charge in [0.1, 0.15) is 5.57 Å². The molecule has 4 heteroatoms. The second kappa shape index (κ2) is 5.55. The topological polar surface area (TPSA) is 74.6 Å². The molecule has 4 nitrogen and oxygen atoms in total. The van der Waals surface area contributed by atoms with Gasteiger partial charge in [0.15, 0.2) is 0 Å². The van der Waals surface area contributed by atoms with Crippen LogP contribution in [0.4, 0.5) is 0 Å². The van der Waals surface area contributed by atoms with Gasteiger partial charge in [-0.2, -0.15) is 0 Å². The molecule has 0 heterocycles. The molecule has 0 aliphatic heterocycles. The number of carboxylic acid groups (broad SMARTS) is 2. The van der Waals surface area contributed by atoms with Crippen LogP contribution in [-0.2, 0) is 9.59 Å². The second-order valence-electron chi connectivity index (χ2n) is 7.06. The first-order valence-corrected chi connectivity index (χ1v) is 6.02. The minimum Gasteiger partial charge on any atom is -0.477 e. The molecule has 0 unspecified atom stereocenters. The molecule has 0 aliphatic carbocycles. The Balaban J connectivity index is 5.62. The molecule has 0 aromatic rings. The average Bonchev–Trinajstić information content (AvgIpc) is 1.93. The molecule has 104 valence electrons.